The molecule has 8 nitrogen and oxygen atoms in total. The van der Waals surface area contributed by atoms with Crippen molar-refractivity contribution < 1.29 is 24.6 Å². The molecule has 152 valence electrons. The Morgan fingerprint density at radius 2 is 1.79 bits per heavy atom. The van der Waals surface area contributed by atoms with Gasteiger partial charge in [0.25, 0.3) is 0 Å². The summed E-state index contributed by atoms with van der Waals surface area (Å²) in [5, 5.41) is 16.6. The van der Waals surface area contributed by atoms with E-state index in [1.807, 2.05) is 55.9 Å². The number of fused-ring (bicyclic) bond motifs is 1. The van der Waals surface area contributed by atoms with Gasteiger partial charge in [-0.3, -0.25) is 4.79 Å². The summed E-state index contributed by atoms with van der Waals surface area (Å²) in [6.45, 7) is 3.95. The van der Waals surface area contributed by atoms with Crippen molar-refractivity contribution in [3.8, 4) is 0 Å². The summed E-state index contributed by atoms with van der Waals surface area (Å²) in [5.41, 5.74) is 3.89. The van der Waals surface area contributed by atoms with Crippen LogP contribution in [0.2, 0.25) is 0 Å². The van der Waals surface area contributed by atoms with Gasteiger partial charge in [-0.25, -0.2) is 14.6 Å². The molecule has 0 amide bonds. The Hall–Kier alpha value is -3.68. The molecule has 1 aromatic carbocycles. The lowest BCUT2D eigenvalue weighted by Crippen LogP contribution is -2.14. The molecule has 0 bridgehead atoms. The van der Waals surface area contributed by atoms with E-state index in [1.165, 1.54) is 0 Å². The first-order chi connectivity index (χ1) is 13.7. The number of Topliss-reactive ketones (excluding diaryl/α,β-unsaturated/α-hetero) is 1. The average Bonchev–Trinajstić information content (AvgIpc) is 3.23. The maximum absolute atomic E-state index is 12.8. The molecule has 0 saturated carbocycles. The van der Waals surface area contributed by atoms with Crippen molar-refractivity contribution >= 4 is 28.6 Å². The van der Waals surface area contributed by atoms with Crippen molar-refractivity contribution in [1.82, 2.24) is 14.5 Å². The number of nitrogens with one attached hydrogen (secondary N) is 1. The van der Waals surface area contributed by atoms with Gasteiger partial charge in [0.2, 0.25) is 0 Å². The highest BCUT2D eigenvalue weighted by Crippen LogP contribution is 2.24. The number of rotatable bonds is 6. The van der Waals surface area contributed by atoms with Gasteiger partial charge in [0.15, 0.2) is 5.78 Å². The lowest BCUT2D eigenvalue weighted by atomic mass is 9.94. The van der Waals surface area contributed by atoms with Crippen LogP contribution < -0.4 is 0 Å². The van der Waals surface area contributed by atoms with Gasteiger partial charge in [0.1, 0.15) is 0 Å². The van der Waals surface area contributed by atoms with Crippen LogP contribution in [0.4, 0.5) is 0 Å². The van der Waals surface area contributed by atoms with Gasteiger partial charge in [-0.1, -0.05) is 25.1 Å². The average molecular weight is 397 g/mol. The Morgan fingerprint density at radius 1 is 1.17 bits per heavy atom. The number of aromatic amines is 1. The van der Waals surface area contributed by atoms with E-state index in [9.17, 15) is 14.4 Å². The first-order valence-corrected chi connectivity index (χ1v) is 8.91. The van der Waals surface area contributed by atoms with E-state index in [0.29, 0.717) is 18.6 Å². The zero-order valence-electron chi connectivity index (χ0n) is 16.4. The van der Waals surface area contributed by atoms with Crippen molar-refractivity contribution in [2.24, 2.45) is 13.0 Å². The summed E-state index contributed by atoms with van der Waals surface area (Å²) in [6, 6.07) is 8.01. The van der Waals surface area contributed by atoms with E-state index in [2.05, 4.69) is 9.97 Å². The highest BCUT2D eigenvalue weighted by atomic mass is 16.4. The first kappa shape index (κ1) is 21.6. The van der Waals surface area contributed by atoms with Crippen molar-refractivity contribution in [3.63, 3.8) is 0 Å². The molecular formula is C21H23N3O5. The van der Waals surface area contributed by atoms with E-state index in [1.54, 1.807) is 6.33 Å². The van der Waals surface area contributed by atoms with Crippen molar-refractivity contribution in [2.45, 2.75) is 20.3 Å². The van der Waals surface area contributed by atoms with Crippen molar-refractivity contribution in [2.75, 3.05) is 0 Å². The van der Waals surface area contributed by atoms with Crippen molar-refractivity contribution in [1.29, 1.82) is 0 Å². The van der Waals surface area contributed by atoms with Crippen LogP contribution >= 0.6 is 0 Å². The predicted octanol–water partition coefficient (Wildman–Crippen LogP) is 2.98. The Labute approximate surface area is 167 Å². The number of aryl methyl sites for hydroxylation is 2. The van der Waals surface area contributed by atoms with Gasteiger partial charge in [0.05, 0.1) is 12.0 Å². The zero-order chi connectivity index (χ0) is 21.6. The second-order valence-corrected chi connectivity index (χ2v) is 6.62. The number of carbonyl (C=O) groups is 3. The molecule has 8 heteroatoms. The molecule has 3 N–H and O–H groups in total. The molecule has 0 radical (unpaired) electrons. The second kappa shape index (κ2) is 9.50. The van der Waals surface area contributed by atoms with Crippen LogP contribution in [0.3, 0.4) is 0 Å². The lowest BCUT2D eigenvalue weighted by molar-refractivity contribution is -0.134. The Balaban J connectivity index is 0.000000321. The summed E-state index contributed by atoms with van der Waals surface area (Å²) in [5.74, 6) is -2.42. The van der Waals surface area contributed by atoms with Crippen LogP contribution in [-0.4, -0.2) is 42.5 Å². The van der Waals surface area contributed by atoms with E-state index >= 15 is 0 Å². The fraction of sp³-hybridized carbons (Fsp3) is 0.238. The number of carbonyl (C=O) groups excluding carboxylic acids is 1. The summed E-state index contributed by atoms with van der Waals surface area (Å²) in [7, 11) is 1.97. The molecule has 2 heterocycles. The minimum absolute atomic E-state index is 0.0854. The highest BCUT2D eigenvalue weighted by molar-refractivity contribution is 6.09. The van der Waals surface area contributed by atoms with Crippen LogP contribution in [0, 0.1) is 12.8 Å². The largest absolute Gasteiger partial charge is 0.478 e. The molecule has 0 aliphatic carbocycles. The molecule has 0 fully saturated rings. The van der Waals surface area contributed by atoms with Gasteiger partial charge in [0, 0.05) is 59.9 Å². The molecular weight excluding hydrogens is 374 g/mol. The maximum atomic E-state index is 12.8. The van der Waals surface area contributed by atoms with Crippen LogP contribution in [-0.2, 0) is 23.1 Å². The molecule has 1 unspecified atom stereocenters. The van der Waals surface area contributed by atoms with Gasteiger partial charge in [-0.15, -0.1) is 0 Å². The lowest BCUT2D eigenvalue weighted by Gasteiger charge is -2.08. The Bertz CT molecular complexity index is 1050. The predicted molar refractivity (Wildman–Crippen MR) is 108 cm³/mol. The van der Waals surface area contributed by atoms with Gasteiger partial charge >= 0.3 is 11.9 Å². The van der Waals surface area contributed by atoms with E-state index in [-0.39, 0.29) is 11.7 Å². The Kier molecular flexibility index (Phi) is 7.08. The minimum atomic E-state index is -1.26. The number of aromatic nitrogens is 3. The zero-order valence-corrected chi connectivity index (χ0v) is 16.4. The first-order valence-electron chi connectivity index (χ1n) is 8.91. The van der Waals surface area contributed by atoms with E-state index in [4.69, 9.17) is 10.2 Å². The molecule has 29 heavy (non-hydrogen) atoms. The van der Waals surface area contributed by atoms with Crippen molar-refractivity contribution in [3.05, 3.63) is 65.9 Å². The number of benzene rings is 1. The van der Waals surface area contributed by atoms with Gasteiger partial charge in [-0.2, -0.15) is 0 Å². The normalized spacial score (nSPS) is 11.8. The number of nitrogens with zero attached hydrogens (tertiary/aromatic N) is 2. The fourth-order valence-corrected chi connectivity index (χ4v) is 2.92. The van der Waals surface area contributed by atoms with Crippen LogP contribution in [0.25, 0.3) is 10.9 Å². The number of hydrogen-bond donors (Lipinski definition) is 3. The molecule has 3 aromatic rings. The molecule has 3 rings (SSSR count). The molecule has 0 aliphatic rings. The van der Waals surface area contributed by atoms with E-state index in [0.717, 1.165) is 27.9 Å². The number of hydrogen-bond acceptors (Lipinski definition) is 4. The van der Waals surface area contributed by atoms with Gasteiger partial charge < -0.3 is 19.8 Å². The summed E-state index contributed by atoms with van der Waals surface area (Å²) in [4.78, 5) is 39.2. The molecule has 2 aromatic heterocycles. The maximum Gasteiger partial charge on any atom is 0.328 e. The van der Waals surface area contributed by atoms with Crippen LogP contribution in [0.1, 0.15) is 28.7 Å². The molecule has 1 atom stereocenters. The second-order valence-electron chi connectivity index (χ2n) is 6.62. The number of carboxylic acids is 2. The molecule has 0 aliphatic heterocycles. The molecule has 0 spiro atoms. The molecule has 0 saturated heterocycles. The number of imidazole rings is 1. The summed E-state index contributed by atoms with van der Waals surface area (Å²) < 4.78 is 2.01. The van der Waals surface area contributed by atoms with Crippen LogP contribution in [0.5, 0.6) is 0 Å². The quantitative estimate of drug-likeness (QED) is 0.434. The number of H-pyrrole nitrogens is 1. The number of para-hydroxylation sites is 1. The summed E-state index contributed by atoms with van der Waals surface area (Å²) in [6.07, 6.45) is 5.39. The third-order valence-electron chi connectivity index (χ3n) is 4.41. The number of carboxylic acid groups (broad SMARTS) is 2. The Morgan fingerprint density at radius 3 is 2.34 bits per heavy atom. The monoisotopic (exact) mass is 397 g/mol. The third-order valence-corrected chi connectivity index (χ3v) is 4.41. The van der Waals surface area contributed by atoms with Crippen LogP contribution in [0.15, 0.2) is 48.9 Å². The third kappa shape index (κ3) is 5.65. The smallest absolute Gasteiger partial charge is 0.328 e. The number of ketones is 1. The SMILES string of the molecule is Cc1[nH]cnc1CC(C)C(=O)c1cn(C)c2ccccc12.O=C(O)/C=C\C(=O)O. The fourth-order valence-electron chi connectivity index (χ4n) is 2.92. The minimum Gasteiger partial charge on any atom is -0.478 e. The number of aliphatic carboxylic acids is 2. The standard InChI is InChI=1S/C17H19N3O.C4H4O4/c1-11(8-15-12(2)18-10-19-15)17(21)14-9-20(3)16-7-5-4-6-13(14)16;5-3(6)1-2-4(7)8/h4-7,9-11H,8H2,1-3H3,(H,18,19);1-2H,(H,5,6)(H,7,8)/b;2-1-. The topological polar surface area (TPSA) is 125 Å². The summed E-state index contributed by atoms with van der Waals surface area (Å²) >= 11 is 0. The van der Waals surface area contributed by atoms with Gasteiger partial charge in [-0.05, 0) is 13.0 Å². The highest BCUT2D eigenvalue weighted by Gasteiger charge is 2.21. The van der Waals surface area contributed by atoms with E-state index < -0.39 is 11.9 Å².